The fourth-order valence-electron chi connectivity index (χ4n) is 3.00. The van der Waals surface area contributed by atoms with Gasteiger partial charge in [0.2, 0.25) is 5.95 Å². The van der Waals surface area contributed by atoms with Gasteiger partial charge in [0.15, 0.2) is 11.6 Å². The summed E-state index contributed by atoms with van der Waals surface area (Å²) in [6.07, 6.45) is 1.11. The highest BCUT2D eigenvalue weighted by molar-refractivity contribution is 6.32. The van der Waals surface area contributed by atoms with Crippen LogP contribution in [0.1, 0.15) is 11.1 Å². The van der Waals surface area contributed by atoms with Gasteiger partial charge in [0.1, 0.15) is 5.75 Å². The van der Waals surface area contributed by atoms with E-state index < -0.39 is 5.82 Å². The van der Waals surface area contributed by atoms with Crippen LogP contribution in [0.4, 0.5) is 33.2 Å². The minimum Gasteiger partial charge on any atom is -0.495 e. The number of nitrogens with one attached hydrogen (secondary N) is 4. The van der Waals surface area contributed by atoms with Crippen molar-refractivity contribution in [1.29, 1.82) is 0 Å². The summed E-state index contributed by atoms with van der Waals surface area (Å²) in [7, 11) is 1.56. The Bertz CT molecular complexity index is 1020. The summed E-state index contributed by atoms with van der Waals surface area (Å²) >= 11 is 6.22. The molecule has 28 heavy (non-hydrogen) atoms. The van der Waals surface area contributed by atoms with Crippen LogP contribution in [0.5, 0.6) is 5.75 Å². The summed E-state index contributed by atoms with van der Waals surface area (Å²) in [5, 5.41) is 6.49. The number of aryl methyl sites for hydroxylation is 1. The van der Waals surface area contributed by atoms with Crippen molar-refractivity contribution < 1.29 is 9.13 Å². The largest absolute Gasteiger partial charge is 0.495 e. The lowest BCUT2D eigenvalue weighted by atomic mass is 10.2. The number of fused-ring (bicyclic) bond motifs is 1. The fourth-order valence-corrected chi connectivity index (χ4v) is 3.35. The SMILES string of the molecule is COc1c(C)cc(Nc2ncc(F)c(Nc3ccc4c(c3)NNC4)n2)cc1Cl. The highest BCUT2D eigenvalue weighted by Gasteiger charge is 2.13. The zero-order chi connectivity index (χ0) is 19.7. The van der Waals surface area contributed by atoms with Gasteiger partial charge >= 0.3 is 0 Å². The second-order valence-electron chi connectivity index (χ2n) is 6.30. The lowest BCUT2D eigenvalue weighted by molar-refractivity contribution is 0.412. The molecule has 0 radical (unpaired) electrons. The highest BCUT2D eigenvalue weighted by atomic mass is 35.5. The third-order valence-electron chi connectivity index (χ3n) is 4.31. The predicted molar refractivity (Wildman–Crippen MR) is 108 cm³/mol. The van der Waals surface area contributed by atoms with E-state index in [1.165, 1.54) is 0 Å². The van der Waals surface area contributed by atoms with Crippen LogP contribution in [0.25, 0.3) is 0 Å². The smallest absolute Gasteiger partial charge is 0.229 e. The first-order chi connectivity index (χ1) is 13.5. The average Bonchev–Trinajstić information content (AvgIpc) is 3.12. The number of methoxy groups -OCH3 is 1. The first-order valence-corrected chi connectivity index (χ1v) is 8.94. The maximum Gasteiger partial charge on any atom is 0.229 e. The van der Waals surface area contributed by atoms with Crippen LogP contribution in [0.2, 0.25) is 5.02 Å². The van der Waals surface area contributed by atoms with E-state index in [9.17, 15) is 4.39 Å². The maximum absolute atomic E-state index is 14.2. The normalized spacial score (nSPS) is 12.3. The van der Waals surface area contributed by atoms with Crippen LogP contribution >= 0.6 is 11.6 Å². The van der Waals surface area contributed by atoms with Crippen molar-refractivity contribution in [2.75, 3.05) is 23.2 Å². The van der Waals surface area contributed by atoms with Gasteiger partial charge in [0.05, 0.1) is 24.0 Å². The Morgan fingerprint density at radius 3 is 2.82 bits per heavy atom. The summed E-state index contributed by atoms with van der Waals surface area (Å²) in [5.41, 5.74) is 10.4. The Morgan fingerprint density at radius 1 is 1.18 bits per heavy atom. The molecule has 0 bridgehead atoms. The van der Waals surface area contributed by atoms with Crippen LogP contribution in [0.3, 0.4) is 0 Å². The third kappa shape index (κ3) is 3.64. The molecule has 0 unspecified atom stereocenters. The monoisotopic (exact) mass is 400 g/mol. The number of benzene rings is 2. The summed E-state index contributed by atoms with van der Waals surface area (Å²) in [6, 6.07) is 9.27. The van der Waals surface area contributed by atoms with Gasteiger partial charge in [-0.3, -0.25) is 0 Å². The Morgan fingerprint density at radius 2 is 2.04 bits per heavy atom. The molecule has 4 N–H and O–H groups in total. The van der Waals surface area contributed by atoms with Gasteiger partial charge in [0, 0.05) is 17.9 Å². The number of rotatable bonds is 5. The van der Waals surface area contributed by atoms with Crippen molar-refractivity contribution >= 4 is 40.4 Å². The van der Waals surface area contributed by atoms with Gasteiger partial charge < -0.3 is 20.8 Å². The van der Waals surface area contributed by atoms with Crippen molar-refractivity contribution in [3.05, 3.63) is 58.5 Å². The van der Waals surface area contributed by atoms with E-state index in [1.807, 2.05) is 31.2 Å². The number of hydrogen-bond donors (Lipinski definition) is 4. The second kappa shape index (κ2) is 7.49. The minimum atomic E-state index is -0.555. The van der Waals surface area contributed by atoms with E-state index in [1.54, 1.807) is 13.2 Å². The molecule has 0 aliphatic carbocycles. The molecule has 7 nitrogen and oxygen atoms in total. The van der Waals surface area contributed by atoms with E-state index >= 15 is 0 Å². The average molecular weight is 401 g/mol. The van der Waals surface area contributed by atoms with Gasteiger partial charge in [-0.2, -0.15) is 4.98 Å². The molecule has 144 valence electrons. The van der Waals surface area contributed by atoms with Gasteiger partial charge in [0.25, 0.3) is 0 Å². The van der Waals surface area contributed by atoms with Gasteiger partial charge in [-0.25, -0.2) is 14.8 Å². The molecule has 0 saturated carbocycles. The Kier molecular flexibility index (Phi) is 4.89. The second-order valence-corrected chi connectivity index (χ2v) is 6.71. The number of halogens is 2. The van der Waals surface area contributed by atoms with Crippen LogP contribution in [0.15, 0.2) is 36.5 Å². The summed E-state index contributed by atoms with van der Waals surface area (Å²) in [6.45, 7) is 2.63. The van der Waals surface area contributed by atoms with Crippen molar-refractivity contribution in [1.82, 2.24) is 15.4 Å². The number of ether oxygens (including phenoxy) is 1. The molecular formula is C19H18ClFN6O. The quantitative estimate of drug-likeness (QED) is 0.501. The van der Waals surface area contributed by atoms with E-state index in [-0.39, 0.29) is 11.8 Å². The fraction of sp³-hybridized carbons (Fsp3) is 0.158. The van der Waals surface area contributed by atoms with Gasteiger partial charge in [-0.15, -0.1) is 0 Å². The van der Waals surface area contributed by atoms with Crippen LogP contribution in [-0.4, -0.2) is 17.1 Å². The summed E-state index contributed by atoms with van der Waals surface area (Å²) in [4.78, 5) is 8.24. The van der Waals surface area contributed by atoms with Crippen molar-refractivity contribution in [3.8, 4) is 5.75 Å². The lowest BCUT2D eigenvalue weighted by Gasteiger charge is -2.12. The Labute approximate surface area is 166 Å². The Balaban J connectivity index is 1.57. The molecule has 0 fully saturated rings. The van der Waals surface area contributed by atoms with Crippen molar-refractivity contribution in [2.24, 2.45) is 0 Å². The standard InChI is InChI=1S/C19H18ClFN6O/c1-10-5-13(6-14(20)17(10)28-2)25-19-22-9-15(21)18(26-19)24-12-4-3-11-8-23-27-16(11)7-12/h3-7,9,23,27H,8H2,1-2H3,(H2,22,24,25,26). The molecule has 0 amide bonds. The highest BCUT2D eigenvalue weighted by Crippen LogP contribution is 2.33. The molecule has 0 atom stereocenters. The van der Waals surface area contributed by atoms with Crippen LogP contribution in [-0.2, 0) is 6.54 Å². The van der Waals surface area contributed by atoms with Crippen LogP contribution in [0, 0.1) is 12.7 Å². The molecule has 2 aromatic carbocycles. The molecule has 1 aliphatic rings. The lowest BCUT2D eigenvalue weighted by Crippen LogP contribution is -2.10. The first-order valence-electron chi connectivity index (χ1n) is 8.56. The number of hydrogen-bond acceptors (Lipinski definition) is 7. The zero-order valence-corrected chi connectivity index (χ0v) is 16.0. The molecule has 4 rings (SSSR count). The maximum atomic E-state index is 14.2. The molecular weight excluding hydrogens is 383 g/mol. The predicted octanol–water partition coefficient (Wildman–Crippen LogP) is 4.50. The number of nitrogens with zero attached hydrogens (tertiary/aromatic N) is 2. The van der Waals surface area contributed by atoms with E-state index in [2.05, 4.69) is 31.5 Å². The summed E-state index contributed by atoms with van der Waals surface area (Å²) < 4.78 is 19.5. The van der Waals surface area contributed by atoms with E-state index in [0.29, 0.717) is 22.1 Å². The number of anilines is 5. The molecule has 0 saturated heterocycles. The molecule has 3 aromatic rings. The number of hydrazine groups is 1. The first kappa shape index (κ1) is 18.3. The number of aromatic nitrogens is 2. The zero-order valence-electron chi connectivity index (χ0n) is 15.2. The minimum absolute atomic E-state index is 0.0692. The molecule has 0 spiro atoms. The van der Waals surface area contributed by atoms with Crippen molar-refractivity contribution in [3.63, 3.8) is 0 Å². The van der Waals surface area contributed by atoms with Crippen molar-refractivity contribution in [2.45, 2.75) is 13.5 Å². The molecule has 1 aromatic heterocycles. The van der Waals surface area contributed by atoms with Crippen LogP contribution < -0.4 is 26.2 Å². The molecule has 9 heteroatoms. The molecule has 2 heterocycles. The van der Waals surface area contributed by atoms with Gasteiger partial charge in [-0.05, 0) is 42.3 Å². The van der Waals surface area contributed by atoms with Gasteiger partial charge in [-0.1, -0.05) is 17.7 Å². The Hall–Kier alpha value is -3.10. The summed E-state index contributed by atoms with van der Waals surface area (Å²) in [5.74, 6) is 0.362. The topological polar surface area (TPSA) is 83.1 Å². The molecule has 1 aliphatic heterocycles. The van der Waals surface area contributed by atoms with E-state index in [4.69, 9.17) is 16.3 Å². The third-order valence-corrected chi connectivity index (χ3v) is 4.59. The van der Waals surface area contributed by atoms with E-state index in [0.717, 1.165) is 29.6 Å².